The van der Waals surface area contributed by atoms with Crippen LogP contribution in [0.15, 0.2) is 48.5 Å². The normalized spacial score (nSPS) is 10.7. The van der Waals surface area contributed by atoms with E-state index in [-0.39, 0.29) is 17.7 Å². The van der Waals surface area contributed by atoms with Crippen LogP contribution in [0, 0.1) is 0 Å². The van der Waals surface area contributed by atoms with Gasteiger partial charge >= 0.3 is 6.03 Å². The van der Waals surface area contributed by atoms with Crippen LogP contribution in [0.1, 0.15) is 81.5 Å². The number of rotatable bonds is 16. The Morgan fingerprint density at radius 2 is 1.58 bits per heavy atom. The number of benzene rings is 2. The zero-order valence-electron chi connectivity index (χ0n) is 22.0. The summed E-state index contributed by atoms with van der Waals surface area (Å²) in [5.74, 6) is 0.290. The molecule has 38 heavy (non-hydrogen) atoms. The third kappa shape index (κ3) is 10.4. The van der Waals surface area contributed by atoms with E-state index >= 15 is 0 Å². The molecule has 0 atom stereocenters. The summed E-state index contributed by atoms with van der Waals surface area (Å²) in [6, 6.07) is 12.9. The van der Waals surface area contributed by atoms with Crippen molar-refractivity contribution in [2.45, 2.75) is 71.1 Å². The van der Waals surface area contributed by atoms with Gasteiger partial charge in [-0.15, -0.1) is 0 Å². The van der Waals surface area contributed by atoms with Crippen molar-refractivity contribution in [3.63, 3.8) is 0 Å². The van der Waals surface area contributed by atoms with Crippen LogP contribution in [-0.2, 0) is 0 Å². The molecule has 5 N–H and O–H groups in total. The quantitative estimate of drug-likeness (QED) is 0.102. The molecular weight excluding hydrogens is 500 g/mol. The number of anilines is 2. The number of aromatic nitrogens is 2. The summed E-state index contributed by atoms with van der Waals surface area (Å²) < 4.78 is 4.34. The molecule has 0 fully saturated rings. The Morgan fingerprint density at radius 1 is 0.895 bits per heavy atom. The molecule has 9 nitrogen and oxygen atoms in total. The second kappa shape index (κ2) is 16.2. The van der Waals surface area contributed by atoms with Crippen LogP contribution in [-0.4, -0.2) is 32.9 Å². The molecule has 2 aromatic carbocycles. The molecule has 3 aromatic rings. The van der Waals surface area contributed by atoms with Crippen molar-refractivity contribution in [2.24, 2.45) is 0 Å². The van der Waals surface area contributed by atoms with E-state index in [9.17, 15) is 14.7 Å². The van der Waals surface area contributed by atoms with Gasteiger partial charge in [0.1, 0.15) is 5.75 Å². The molecule has 204 valence electrons. The number of hydrogen-bond acceptors (Lipinski definition) is 7. The smallest absolute Gasteiger partial charge is 0.333 e. The van der Waals surface area contributed by atoms with Gasteiger partial charge in [0, 0.05) is 34.9 Å². The largest absolute Gasteiger partial charge is 0.508 e. The minimum Gasteiger partial charge on any atom is -0.508 e. The minimum absolute atomic E-state index is 0.101. The maximum atomic E-state index is 12.4. The lowest BCUT2D eigenvalue weighted by molar-refractivity contribution is 0.102. The summed E-state index contributed by atoms with van der Waals surface area (Å²) in [5, 5.41) is 15.5. The average Bonchev–Trinajstić information content (AvgIpc) is 3.40. The third-order valence-corrected chi connectivity index (χ3v) is 6.66. The van der Waals surface area contributed by atoms with Crippen molar-refractivity contribution in [1.82, 2.24) is 20.1 Å². The highest BCUT2D eigenvalue weighted by Gasteiger charge is 2.10. The number of aromatic hydroxyl groups is 1. The van der Waals surface area contributed by atoms with Crippen molar-refractivity contribution in [3.05, 3.63) is 54.1 Å². The Hall–Kier alpha value is -3.66. The van der Waals surface area contributed by atoms with Gasteiger partial charge in [-0.3, -0.25) is 10.2 Å². The molecule has 0 unspecified atom stereocenters. The van der Waals surface area contributed by atoms with Gasteiger partial charge in [-0.2, -0.15) is 9.36 Å². The molecule has 0 bridgehead atoms. The number of amides is 3. The van der Waals surface area contributed by atoms with Crippen molar-refractivity contribution in [3.8, 4) is 17.1 Å². The Bertz CT molecular complexity index is 1140. The summed E-state index contributed by atoms with van der Waals surface area (Å²) in [4.78, 5) is 28.9. The lowest BCUT2D eigenvalue weighted by atomic mass is 10.1. The third-order valence-electron chi connectivity index (χ3n) is 6.03. The summed E-state index contributed by atoms with van der Waals surface area (Å²) in [7, 11) is 0. The fourth-order valence-electron chi connectivity index (χ4n) is 3.91. The van der Waals surface area contributed by atoms with Crippen LogP contribution in [0.2, 0.25) is 0 Å². The Balaban J connectivity index is 1.33. The van der Waals surface area contributed by atoms with E-state index in [1.54, 1.807) is 30.3 Å². The van der Waals surface area contributed by atoms with Crippen LogP contribution >= 0.6 is 11.5 Å². The Labute approximate surface area is 228 Å². The van der Waals surface area contributed by atoms with E-state index in [0.29, 0.717) is 28.8 Å². The van der Waals surface area contributed by atoms with Gasteiger partial charge in [-0.05, 0) is 42.8 Å². The second-order valence-corrected chi connectivity index (χ2v) is 9.94. The first-order valence-corrected chi connectivity index (χ1v) is 14.2. The highest BCUT2D eigenvalue weighted by molar-refractivity contribution is 7.09. The highest BCUT2D eigenvalue weighted by atomic mass is 32.1. The molecule has 0 saturated heterocycles. The Kier molecular flexibility index (Phi) is 12.4. The molecular formula is C28H38N6O3S. The number of hydrogen-bond donors (Lipinski definition) is 5. The fraction of sp³-hybridized carbons (Fsp3) is 0.429. The van der Waals surface area contributed by atoms with Crippen LogP contribution in [0.5, 0.6) is 5.75 Å². The standard InChI is InChI=1S/C28H38N6O3S/c1-2-3-4-5-6-7-8-9-10-11-19-29-27(37)32-33-28-31-25(34-38-28)22-13-12-14-23(20-22)30-26(36)21-15-17-24(35)18-16-21/h12-18,20,35H,2-11,19H2,1H3,(H,30,36)(H2,29,32,37)(H,31,33,34). The number of hydrazine groups is 1. The molecule has 0 aliphatic rings. The number of nitrogens with zero attached hydrogens (tertiary/aromatic N) is 2. The Morgan fingerprint density at radius 3 is 2.29 bits per heavy atom. The molecule has 0 aliphatic heterocycles. The van der Waals surface area contributed by atoms with Crippen LogP contribution in [0.4, 0.5) is 15.6 Å². The maximum absolute atomic E-state index is 12.4. The molecule has 1 heterocycles. The zero-order chi connectivity index (χ0) is 27.0. The van der Waals surface area contributed by atoms with Crippen molar-refractivity contribution in [2.75, 3.05) is 17.3 Å². The van der Waals surface area contributed by atoms with Gasteiger partial charge in [0.05, 0.1) is 0 Å². The molecule has 0 saturated carbocycles. The van der Waals surface area contributed by atoms with Crippen molar-refractivity contribution in [1.29, 1.82) is 0 Å². The first-order valence-electron chi connectivity index (χ1n) is 13.4. The van der Waals surface area contributed by atoms with Gasteiger partial charge in [0.2, 0.25) is 5.13 Å². The molecule has 3 amide bonds. The number of phenolic OH excluding ortho intramolecular Hbond substituents is 1. The second-order valence-electron chi connectivity index (χ2n) is 9.19. The lowest BCUT2D eigenvalue weighted by Gasteiger charge is -2.08. The maximum Gasteiger partial charge on any atom is 0.333 e. The van der Waals surface area contributed by atoms with Crippen LogP contribution < -0.4 is 21.5 Å². The van der Waals surface area contributed by atoms with Gasteiger partial charge in [-0.1, -0.05) is 76.8 Å². The lowest BCUT2D eigenvalue weighted by Crippen LogP contribution is -2.39. The summed E-state index contributed by atoms with van der Waals surface area (Å²) in [5.41, 5.74) is 7.13. The zero-order valence-corrected chi connectivity index (χ0v) is 22.8. The van der Waals surface area contributed by atoms with Crippen LogP contribution in [0.3, 0.4) is 0 Å². The number of phenols is 1. The number of unbranched alkanes of at least 4 members (excludes halogenated alkanes) is 9. The van der Waals surface area contributed by atoms with E-state index in [2.05, 4.69) is 37.8 Å². The van der Waals surface area contributed by atoms with Crippen molar-refractivity contribution >= 4 is 34.3 Å². The topological polar surface area (TPSA) is 128 Å². The van der Waals surface area contributed by atoms with Gasteiger partial charge < -0.3 is 15.7 Å². The SMILES string of the molecule is CCCCCCCCCCCCNC(=O)NNc1nc(-c2cccc(NC(=O)c3ccc(O)cc3)c2)ns1. The molecule has 1 aromatic heterocycles. The number of nitrogens with one attached hydrogen (secondary N) is 4. The minimum atomic E-state index is -0.309. The molecule has 0 radical (unpaired) electrons. The summed E-state index contributed by atoms with van der Waals surface area (Å²) in [6.45, 7) is 2.87. The van der Waals surface area contributed by atoms with Gasteiger partial charge in [0.15, 0.2) is 5.82 Å². The molecule has 0 aliphatic carbocycles. The summed E-state index contributed by atoms with van der Waals surface area (Å²) >= 11 is 1.12. The predicted molar refractivity (Wildman–Crippen MR) is 153 cm³/mol. The fourth-order valence-corrected chi connectivity index (χ4v) is 4.46. The molecule has 10 heteroatoms. The molecule has 3 rings (SSSR count). The van der Waals surface area contributed by atoms with E-state index in [1.807, 2.05) is 6.07 Å². The van der Waals surface area contributed by atoms with E-state index in [0.717, 1.165) is 29.9 Å². The van der Waals surface area contributed by atoms with Crippen molar-refractivity contribution < 1.29 is 14.7 Å². The first kappa shape index (κ1) is 28.9. The number of urea groups is 1. The first-order chi connectivity index (χ1) is 18.5. The molecule has 0 spiro atoms. The summed E-state index contributed by atoms with van der Waals surface area (Å²) in [6.07, 6.45) is 12.6. The number of carbonyl (C=O) groups excluding carboxylic acids is 2. The van der Waals surface area contributed by atoms with E-state index in [4.69, 9.17) is 0 Å². The highest BCUT2D eigenvalue weighted by Crippen LogP contribution is 2.24. The predicted octanol–water partition coefficient (Wildman–Crippen LogP) is 6.71. The van der Waals surface area contributed by atoms with Gasteiger partial charge in [0.25, 0.3) is 5.91 Å². The van der Waals surface area contributed by atoms with Crippen LogP contribution in [0.25, 0.3) is 11.4 Å². The monoisotopic (exact) mass is 538 g/mol. The van der Waals surface area contributed by atoms with E-state index in [1.165, 1.54) is 63.5 Å². The average molecular weight is 539 g/mol. The van der Waals surface area contributed by atoms with E-state index < -0.39 is 0 Å². The number of carbonyl (C=O) groups is 2. The van der Waals surface area contributed by atoms with Gasteiger partial charge in [-0.25, -0.2) is 10.2 Å².